The van der Waals surface area contributed by atoms with Crippen LogP contribution in [0, 0.1) is 13.8 Å². The molecule has 1 amide bonds. The van der Waals surface area contributed by atoms with Crippen molar-refractivity contribution in [3.63, 3.8) is 0 Å². The Morgan fingerprint density at radius 1 is 1.00 bits per heavy atom. The number of hydrogen-bond acceptors (Lipinski definition) is 3. The number of benzene rings is 2. The maximum absolute atomic E-state index is 12.5. The number of rotatable bonds is 5. The maximum atomic E-state index is 12.5. The van der Waals surface area contributed by atoms with Gasteiger partial charge >= 0.3 is 0 Å². The van der Waals surface area contributed by atoms with Crippen LogP contribution >= 0.6 is 0 Å². The van der Waals surface area contributed by atoms with E-state index in [9.17, 15) is 13.2 Å². The molecule has 2 aromatic rings. The predicted molar refractivity (Wildman–Crippen MR) is 112 cm³/mol. The van der Waals surface area contributed by atoms with Crippen molar-refractivity contribution in [2.45, 2.75) is 40.0 Å². The van der Waals surface area contributed by atoms with E-state index in [1.807, 2.05) is 44.2 Å². The van der Waals surface area contributed by atoms with E-state index in [0.29, 0.717) is 11.4 Å². The van der Waals surface area contributed by atoms with E-state index < -0.39 is 10.0 Å². The minimum Gasteiger partial charge on any atom is -0.325 e. The lowest BCUT2D eigenvalue weighted by atomic mass is 9.87. The number of nitrogens with one attached hydrogen (secondary N) is 1. The van der Waals surface area contributed by atoms with Gasteiger partial charge in [-0.2, -0.15) is 0 Å². The number of hydrogen-bond donors (Lipinski definition) is 1. The molecular formula is C21H28N2O3S. The van der Waals surface area contributed by atoms with E-state index in [1.54, 1.807) is 12.1 Å². The fraction of sp³-hybridized carbons (Fsp3) is 0.381. The Morgan fingerprint density at radius 2 is 1.52 bits per heavy atom. The molecule has 0 spiro atoms. The normalized spacial score (nSPS) is 11.9. The minimum atomic E-state index is -3.59. The molecule has 0 aliphatic carbocycles. The van der Waals surface area contributed by atoms with Crippen LogP contribution in [0.1, 0.15) is 37.5 Å². The minimum absolute atomic E-state index is 0.0264. The van der Waals surface area contributed by atoms with Crippen molar-refractivity contribution >= 4 is 27.3 Å². The molecule has 0 aliphatic heterocycles. The molecule has 6 heteroatoms. The summed E-state index contributed by atoms with van der Waals surface area (Å²) in [6.45, 7) is 9.88. The molecule has 5 nitrogen and oxygen atoms in total. The van der Waals surface area contributed by atoms with Gasteiger partial charge in [-0.05, 0) is 60.2 Å². The SMILES string of the molecule is Cc1cc(C)cc(N(CC(=O)Nc2ccc(C(C)(C)C)cc2)S(C)(=O)=O)c1. The molecule has 1 N–H and O–H groups in total. The molecule has 0 aromatic heterocycles. The van der Waals surface area contributed by atoms with E-state index in [2.05, 4.69) is 26.1 Å². The van der Waals surface area contributed by atoms with E-state index in [4.69, 9.17) is 0 Å². The molecule has 2 aromatic carbocycles. The molecule has 0 saturated heterocycles. The van der Waals surface area contributed by atoms with Crippen LogP contribution in [0.25, 0.3) is 0 Å². The van der Waals surface area contributed by atoms with Crippen molar-refractivity contribution in [2.24, 2.45) is 0 Å². The first-order chi connectivity index (χ1) is 12.4. The molecular weight excluding hydrogens is 360 g/mol. The Labute approximate surface area is 162 Å². The van der Waals surface area contributed by atoms with Gasteiger partial charge in [-0.1, -0.05) is 39.0 Å². The van der Waals surface area contributed by atoms with Gasteiger partial charge in [0.2, 0.25) is 15.9 Å². The van der Waals surface area contributed by atoms with Gasteiger partial charge in [0, 0.05) is 5.69 Å². The molecule has 0 saturated carbocycles. The third-order valence-electron chi connectivity index (χ3n) is 4.22. The molecule has 0 heterocycles. The highest BCUT2D eigenvalue weighted by Crippen LogP contribution is 2.24. The van der Waals surface area contributed by atoms with Crippen molar-refractivity contribution in [3.05, 3.63) is 59.2 Å². The third kappa shape index (κ3) is 5.82. The molecule has 0 aliphatic rings. The van der Waals surface area contributed by atoms with Gasteiger partial charge in [0.05, 0.1) is 11.9 Å². The van der Waals surface area contributed by atoms with Crippen LogP contribution in [0.5, 0.6) is 0 Å². The summed E-state index contributed by atoms with van der Waals surface area (Å²) in [5.74, 6) is -0.386. The number of anilines is 2. The van der Waals surface area contributed by atoms with Gasteiger partial charge in [-0.25, -0.2) is 8.42 Å². The summed E-state index contributed by atoms with van der Waals surface area (Å²) in [6.07, 6.45) is 1.11. The summed E-state index contributed by atoms with van der Waals surface area (Å²) >= 11 is 0. The number of nitrogens with zero attached hydrogens (tertiary/aromatic N) is 1. The lowest BCUT2D eigenvalue weighted by molar-refractivity contribution is -0.114. The van der Waals surface area contributed by atoms with E-state index in [-0.39, 0.29) is 17.9 Å². The highest BCUT2D eigenvalue weighted by Gasteiger charge is 2.21. The Bertz CT molecular complexity index is 907. The molecule has 2 rings (SSSR count). The van der Waals surface area contributed by atoms with Crippen LogP contribution in [-0.4, -0.2) is 27.1 Å². The van der Waals surface area contributed by atoms with E-state index in [0.717, 1.165) is 27.3 Å². The van der Waals surface area contributed by atoms with Crippen LogP contribution in [-0.2, 0) is 20.2 Å². The zero-order valence-electron chi connectivity index (χ0n) is 16.8. The number of sulfonamides is 1. The number of aryl methyl sites for hydroxylation is 2. The van der Waals surface area contributed by atoms with Crippen molar-refractivity contribution in [1.82, 2.24) is 0 Å². The number of amides is 1. The molecule has 0 fully saturated rings. The molecule has 0 unspecified atom stereocenters. The average Bonchev–Trinajstić information content (AvgIpc) is 2.50. The number of carbonyl (C=O) groups is 1. The summed E-state index contributed by atoms with van der Waals surface area (Å²) in [7, 11) is -3.59. The second kappa shape index (κ2) is 7.72. The Morgan fingerprint density at radius 3 is 1.96 bits per heavy atom. The first-order valence-electron chi connectivity index (χ1n) is 8.83. The zero-order chi connectivity index (χ0) is 20.4. The average molecular weight is 389 g/mol. The molecule has 0 atom stereocenters. The zero-order valence-corrected chi connectivity index (χ0v) is 17.6. The largest absolute Gasteiger partial charge is 0.325 e. The summed E-state index contributed by atoms with van der Waals surface area (Å²) in [5.41, 5.74) is 4.20. The highest BCUT2D eigenvalue weighted by molar-refractivity contribution is 7.92. The summed E-state index contributed by atoms with van der Waals surface area (Å²) in [5, 5.41) is 2.78. The van der Waals surface area contributed by atoms with Crippen molar-refractivity contribution in [1.29, 1.82) is 0 Å². The van der Waals surface area contributed by atoms with Crippen LogP contribution in [0.2, 0.25) is 0 Å². The Hall–Kier alpha value is -2.34. The van der Waals surface area contributed by atoms with Crippen LogP contribution < -0.4 is 9.62 Å². The lowest BCUT2D eigenvalue weighted by Crippen LogP contribution is -2.37. The van der Waals surface area contributed by atoms with Gasteiger partial charge in [-0.15, -0.1) is 0 Å². The second-order valence-corrected chi connectivity index (χ2v) is 9.90. The first-order valence-corrected chi connectivity index (χ1v) is 10.7. The quantitative estimate of drug-likeness (QED) is 0.842. The van der Waals surface area contributed by atoms with Crippen LogP contribution in [0.3, 0.4) is 0 Å². The standard InChI is InChI=1S/C21H28N2O3S/c1-15-11-16(2)13-19(12-15)23(27(6,25)26)14-20(24)22-18-9-7-17(8-10-18)21(3,4)5/h7-13H,14H2,1-6H3,(H,22,24). The summed E-state index contributed by atoms with van der Waals surface area (Å²) < 4.78 is 25.6. The smallest absolute Gasteiger partial charge is 0.245 e. The van der Waals surface area contributed by atoms with Crippen LogP contribution in [0.15, 0.2) is 42.5 Å². The van der Waals surface area contributed by atoms with Crippen LogP contribution in [0.4, 0.5) is 11.4 Å². The van der Waals surface area contributed by atoms with Gasteiger partial charge in [0.15, 0.2) is 0 Å². The summed E-state index contributed by atoms with van der Waals surface area (Å²) in [4.78, 5) is 12.5. The topological polar surface area (TPSA) is 66.5 Å². The maximum Gasteiger partial charge on any atom is 0.245 e. The van der Waals surface area contributed by atoms with Gasteiger partial charge in [0.25, 0.3) is 0 Å². The fourth-order valence-electron chi connectivity index (χ4n) is 2.88. The fourth-order valence-corrected chi connectivity index (χ4v) is 3.72. The van der Waals surface area contributed by atoms with E-state index in [1.165, 1.54) is 0 Å². The van der Waals surface area contributed by atoms with Gasteiger partial charge in [0.1, 0.15) is 6.54 Å². The number of carbonyl (C=O) groups excluding carboxylic acids is 1. The lowest BCUT2D eigenvalue weighted by Gasteiger charge is -2.23. The third-order valence-corrected chi connectivity index (χ3v) is 5.36. The Kier molecular flexibility index (Phi) is 6.00. The summed E-state index contributed by atoms with van der Waals surface area (Å²) in [6, 6.07) is 13.1. The van der Waals surface area contributed by atoms with Gasteiger partial charge < -0.3 is 5.32 Å². The molecule has 0 radical (unpaired) electrons. The Balaban J connectivity index is 2.19. The first kappa shape index (κ1) is 21.0. The monoisotopic (exact) mass is 388 g/mol. The van der Waals surface area contributed by atoms with Gasteiger partial charge in [-0.3, -0.25) is 9.10 Å². The molecule has 146 valence electrons. The molecule has 0 bridgehead atoms. The highest BCUT2D eigenvalue weighted by atomic mass is 32.2. The second-order valence-electron chi connectivity index (χ2n) is 7.99. The van der Waals surface area contributed by atoms with Crippen molar-refractivity contribution < 1.29 is 13.2 Å². The van der Waals surface area contributed by atoms with Crippen molar-refractivity contribution in [3.8, 4) is 0 Å². The van der Waals surface area contributed by atoms with Crippen molar-refractivity contribution in [2.75, 3.05) is 22.4 Å². The molecule has 27 heavy (non-hydrogen) atoms. The predicted octanol–water partition coefficient (Wildman–Crippen LogP) is 4.01. The van der Waals surface area contributed by atoms with E-state index >= 15 is 0 Å².